The second-order valence-electron chi connectivity index (χ2n) is 5.62. The Balaban J connectivity index is 1.78. The van der Waals surface area contributed by atoms with Gasteiger partial charge in [0.1, 0.15) is 0 Å². The van der Waals surface area contributed by atoms with E-state index in [1.54, 1.807) is 0 Å². The van der Waals surface area contributed by atoms with Gasteiger partial charge >= 0.3 is 0 Å². The van der Waals surface area contributed by atoms with Crippen molar-refractivity contribution in [3.8, 4) is 0 Å². The number of epoxide rings is 1. The Morgan fingerprint density at radius 3 is 2.22 bits per heavy atom. The quantitative estimate of drug-likeness (QED) is 0.249. The molecule has 1 aliphatic rings. The van der Waals surface area contributed by atoms with E-state index in [9.17, 15) is 0 Å². The highest BCUT2D eigenvalue weighted by atomic mass is 16.6. The highest BCUT2D eigenvalue weighted by Crippen LogP contribution is 2.29. The standard InChI is InChI=1S/C17H32O/c1-3-5-6-7-8-9-10-11-12-13-15-17-16(18-17)14-4-2/h12-13,16-17H,3-11,14-15H2,1-2H3. The third-order valence-corrected chi connectivity index (χ3v) is 3.77. The Hall–Kier alpha value is -0.300. The molecule has 1 nitrogen and oxygen atoms in total. The first kappa shape index (κ1) is 15.8. The molecule has 1 heterocycles. The number of ether oxygens (including phenoxy) is 1. The summed E-state index contributed by atoms with van der Waals surface area (Å²) < 4.78 is 5.59. The van der Waals surface area contributed by atoms with Crippen molar-refractivity contribution in [3.05, 3.63) is 12.2 Å². The van der Waals surface area contributed by atoms with Crippen LogP contribution in [0.15, 0.2) is 12.2 Å². The minimum atomic E-state index is 0.551. The molecule has 0 N–H and O–H groups in total. The van der Waals surface area contributed by atoms with Crippen LogP contribution in [0.2, 0.25) is 0 Å². The molecule has 1 rings (SSSR count). The lowest BCUT2D eigenvalue weighted by molar-refractivity contribution is 0.362. The Bertz CT molecular complexity index is 210. The summed E-state index contributed by atoms with van der Waals surface area (Å²) in [5.41, 5.74) is 0. The average Bonchev–Trinajstić information content (AvgIpc) is 3.11. The predicted molar refractivity (Wildman–Crippen MR) is 79.9 cm³/mol. The molecular formula is C17H32O. The summed E-state index contributed by atoms with van der Waals surface area (Å²) in [6.07, 6.45) is 20.6. The van der Waals surface area contributed by atoms with Crippen molar-refractivity contribution in [3.63, 3.8) is 0 Å². The number of hydrogen-bond acceptors (Lipinski definition) is 1. The van der Waals surface area contributed by atoms with Crippen molar-refractivity contribution in [2.24, 2.45) is 0 Å². The van der Waals surface area contributed by atoms with Gasteiger partial charge in [0.15, 0.2) is 0 Å². The first-order valence-electron chi connectivity index (χ1n) is 8.19. The van der Waals surface area contributed by atoms with Gasteiger partial charge in [0.2, 0.25) is 0 Å². The molecule has 106 valence electrons. The monoisotopic (exact) mass is 252 g/mol. The van der Waals surface area contributed by atoms with Crippen molar-refractivity contribution >= 4 is 0 Å². The Morgan fingerprint density at radius 1 is 0.778 bits per heavy atom. The lowest BCUT2D eigenvalue weighted by Gasteiger charge is -1.98. The van der Waals surface area contributed by atoms with Gasteiger partial charge in [-0.05, 0) is 25.7 Å². The van der Waals surface area contributed by atoms with E-state index in [0.29, 0.717) is 12.2 Å². The van der Waals surface area contributed by atoms with Crippen molar-refractivity contribution in [2.75, 3.05) is 0 Å². The fourth-order valence-electron chi connectivity index (χ4n) is 2.49. The summed E-state index contributed by atoms with van der Waals surface area (Å²) in [6.45, 7) is 4.51. The molecule has 1 saturated heterocycles. The zero-order valence-corrected chi connectivity index (χ0v) is 12.5. The van der Waals surface area contributed by atoms with Crippen molar-refractivity contribution in [1.82, 2.24) is 0 Å². The minimum absolute atomic E-state index is 0.551. The molecule has 18 heavy (non-hydrogen) atoms. The molecule has 2 unspecified atom stereocenters. The van der Waals surface area contributed by atoms with Gasteiger partial charge in [0.25, 0.3) is 0 Å². The molecular weight excluding hydrogens is 220 g/mol. The molecule has 0 saturated carbocycles. The van der Waals surface area contributed by atoms with Gasteiger partial charge < -0.3 is 4.74 Å². The fraction of sp³-hybridized carbons (Fsp3) is 0.882. The SMILES string of the molecule is CCCCCCCCCC=CCC1OC1CCC. The Morgan fingerprint density at radius 2 is 1.50 bits per heavy atom. The molecule has 1 fully saturated rings. The molecule has 0 aromatic heterocycles. The van der Waals surface area contributed by atoms with Crippen LogP contribution in [0.4, 0.5) is 0 Å². The van der Waals surface area contributed by atoms with E-state index in [1.165, 1.54) is 64.2 Å². The van der Waals surface area contributed by atoms with Gasteiger partial charge in [-0.25, -0.2) is 0 Å². The van der Waals surface area contributed by atoms with Crippen LogP contribution in [-0.4, -0.2) is 12.2 Å². The van der Waals surface area contributed by atoms with Crippen LogP contribution in [0.1, 0.15) is 84.5 Å². The normalized spacial score (nSPS) is 22.8. The maximum Gasteiger partial charge on any atom is 0.0876 e. The molecule has 0 amide bonds. The van der Waals surface area contributed by atoms with Gasteiger partial charge in [-0.1, -0.05) is 70.9 Å². The largest absolute Gasteiger partial charge is 0.369 e. The lowest BCUT2D eigenvalue weighted by atomic mass is 10.1. The van der Waals surface area contributed by atoms with Crippen LogP contribution in [0.3, 0.4) is 0 Å². The van der Waals surface area contributed by atoms with Crippen LogP contribution < -0.4 is 0 Å². The Kier molecular flexibility index (Phi) is 9.28. The zero-order valence-electron chi connectivity index (χ0n) is 12.5. The van der Waals surface area contributed by atoms with E-state index in [2.05, 4.69) is 26.0 Å². The van der Waals surface area contributed by atoms with E-state index in [0.717, 1.165) is 6.42 Å². The highest BCUT2D eigenvalue weighted by Gasteiger charge is 2.35. The summed E-state index contributed by atoms with van der Waals surface area (Å²) in [7, 11) is 0. The first-order chi connectivity index (χ1) is 8.88. The summed E-state index contributed by atoms with van der Waals surface area (Å²) >= 11 is 0. The molecule has 1 heteroatoms. The maximum absolute atomic E-state index is 5.59. The smallest absolute Gasteiger partial charge is 0.0876 e. The second-order valence-corrected chi connectivity index (χ2v) is 5.62. The number of rotatable bonds is 12. The van der Waals surface area contributed by atoms with Crippen LogP contribution >= 0.6 is 0 Å². The predicted octanol–water partition coefficient (Wildman–Crippen LogP) is 5.64. The molecule has 0 radical (unpaired) electrons. The summed E-state index contributed by atoms with van der Waals surface area (Å²) in [5.74, 6) is 0. The van der Waals surface area contributed by atoms with Gasteiger partial charge in [-0.3, -0.25) is 0 Å². The molecule has 2 atom stereocenters. The van der Waals surface area contributed by atoms with E-state index < -0.39 is 0 Å². The minimum Gasteiger partial charge on any atom is -0.369 e. The molecule has 1 aliphatic heterocycles. The van der Waals surface area contributed by atoms with Gasteiger partial charge in [0, 0.05) is 0 Å². The topological polar surface area (TPSA) is 12.5 Å². The van der Waals surface area contributed by atoms with E-state index >= 15 is 0 Å². The highest BCUT2D eigenvalue weighted by molar-refractivity contribution is 4.93. The van der Waals surface area contributed by atoms with Gasteiger partial charge in [0.05, 0.1) is 12.2 Å². The van der Waals surface area contributed by atoms with Crippen LogP contribution in [-0.2, 0) is 4.74 Å². The number of unbranched alkanes of at least 4 members (excludes halogenated alkanes) is 7. The zero-order chi connectivity index (χ0) is 13.1. The molecule has 0 bridgehead atoms. The Labute approximate surface area is 114 Å². The van der Waals surface area contributed by atoms with Crippen molar-refractivity contribution in [1.29, 1.82) is 0 Å². The third-order valence-electron chi connectivity index (χ3n) is 3.77. The van der Waals surface area contributed by atoms with Gasteiger partial charge in [-0.2, -0.15) is 0 Å². The van der Waals surface area contributed by atoms with Crippen molar-refractivity contribution < 1.29 is 4.74 Å². The van der Waals surface area contributed by atoms with Crippen LogP contribution in [0, 0.1) is 0 Å². The van der Waals surface area contributed by atoms with Crippen LogP contribution in [0.25, 0.3) is 0 Å². The molecule has 0 spiro atoms. The molecule has 0 aliphatic carbocycles. The average molecular weight is 252 g/mol. The van der Waals surface area contributed by atoms with E-state index in [-0.39, 0.29) is 0 Å². The van der Waals surface area contributed by atoms with Crippen molar-refractivity contribution in [2.45, 2.75) is 96.7 Å². The summed E-state index contributed by atoms with van der Waals surface area (Å²) in [4.78, 5) is 0. The summed E-state index contributed by atoms with van der Waals surface area (Å²) in [5, 5.41) is 0. The summed E-state index contributed by atoms with van der Waals surface area (Å²) in [6, 6.07) is 0. The van der Waals surface area contributed by atoms with E-state index in [1.807, 2.05) is 0 Å². The maximum atomic E-state index is 5.59. The molecule has 0 aromatic carbocycles. The fourth-order valence-corrected chi connectivity index (χ4v) is 2.49. The first-order valence-corrected chi connectivity index (χ1v) is 8.19. The lowest BCUT2D eigenvalue weighted by Crippen LogP contribution is -1.90. The van der Waals surface area contributed by atoms with E-state index in [4.69, 9.17) is 4.74 Å². The molecule has 0 aromatic rings. The second kappa shape index (κ2) is 10.6. The van der Waals surface area contributed by atoms with Crippen LogP contribution in [0.5, 0.6) is 0 Å². The number of hydrogen-bond donors (Lipinski definition) is 0. The number of allylic oxidation sites excluding steroid dienone is 1. The third kappa shape index (κ3) is 7.92. The van der Waals surface area contributed by atoms with Gasteiger partial charge in [-0.15, -0.1) is 0 Å².